The van der Waals surface area contributed by atoms with Crippen LogP contribution in [0.25, 0.3) is 0 Å². The second kappa shape index (κ2) is 9.09. The van der Waals surface area contributed by atoms with Gasteiger partial charge in [0.1, 0.15) is 11.5 Å². The third kappa shape index (κ3) is 4.44. The number of piperidine rings is 1. The maximum Gasteiger partial charge on any atom is 0.321 e. The molecule has 3 amide bonds. The number of methoxy groups -OCH3 is 2. The molecule has 0 aromatic heterocycles. The number of hydrogen-bond acceptors (Lipinski definition) is 5. The molecular weight excluding hydrogens is 414 g/mol. The minimum atomic E-state index is -0.233. The number of urea groups is 1. The second-order valence-corrected chi connectivity index (χ2v) is 9.09. The van der Waals surface area contributed by atoms with E-state index in [1.54, 1.807) is 37.3 Å². The second-order valence-electron chi connectivity index (χ2n) is 7.64. The van der Waals surface area contributed by atoms with E-state index in [1.165, 1.54) is 0 Å². The summed E-state index contributed by atoms with van der Waals surface area (Å²) in [6.07, 6.45) is 1.51. The van der Waals surface area contributed by atoms with Gasteiger partial charge in [0.25, 0.3) is 5.91 Å². The fraction of sp³-hybridized carbons (Fsp3) is 0.391. The topological polar surface area (TPSA) is 71.1 Å². The number of carbonyl (C=O) groups excluding carboxylic acids is 2. The largest absolute Gasteiger partial charge is 0.497 e. The Kier molecular flexibility index (Phi) is 6.27. The Balaban J connectivity index is 1.41. The van der Waals surface area contributed by atoms with Crippen molar-refractivity contribution in [1.82, 2.24) is 9.80 Å². The van der Waals surface area contributed by atoms with E-state index >= 15 is 0 Å². The lowest BCUT2D eigenvalue weighted by molar-refractivity contribution is 0.0585. The number of likely N-dealkylation sites (tertiary alicyclic amines) is 1. The number of amides is 3. The van der Waals surface area contributed by atoms with E-state index in [4.69, 9.17) is 9.47 Å². The van der Waals surface area contributed by atoms with Crippen LogP contribution < -0.4 is 14.8 Å². The molecule has 0 aliphatic carbocycles. The van der Waals surface area contributed by atoms with Gasteiger partial charge >= 0.3 is 6.03 Å². The Bertz CT molecular complexity index is 923. The summed E-state index contributed by atoms with van der Waals surface area (Å²) in [4.78, 5) is 29.5. The number of rotatable bonds is 4. The third-order valence-corrected chi connectivity index (χ3v) is 7.43. The van der Waals surface area contributed by atoms with Crippen LogP contribution in [0, 0.1) is 0 Å². The summed E-state index contributed by atoms with van der Waals surface area (Å²) in [5.41, 5.74) is 1.34. The first-order valence-electron chi connectivity index (χ1n) is 10.3. The first-order valence-corrected chi connectivity index (χ1v) is 11.3. The highest BCUT2D eigenvalue weighted by Crippen LogP contribution is 2.44. The monoisotopic (exact) mass is 441 g/mol. The summed E-state index contributed by atoms with van der Waals surface area (Å²) in [5.74, 6) is 2.23. The van der Waals surface area contributed by atoms with Crippen LogP contribution in [-0.2, 0) is 0 Å². The average Bonchev–Trinajstić information content (AvgIpc) is 3.21. The summed E-state index contributed by atoms with van der Waals surface area (Å²) >= 11 is 1.84. The SMILES string of the molecule is COc1cc(NC(=O)N2CCC3(CC2)SCCN3C(=O)c2ccccc2)cc(OC)c1. The van der Waals surface area contributed by atoms with Gasteiger partial charge in [0.05, 0.1) is 19.1 Å². The lowest BCUT2D eigenvalue weighted by Crippen LogP contribution is -2.54. The van der Waals surface area contributed by atoms with Gasteiger partial charge in [-0.3, -0.25) is 4.79 Å². The number of thioether (sulfide) groups is 1. The summed E-state index contributed by atoms with van der Waals surface area (Å²) in [7, 11) is 3.15. The molecule has 1 spiro atoms. The van der Waals surface area contributed by atoms with Crippen LogP contribution in [0.15, 0.2) is 48.5 Å². The van der Waals surface area contributed by atoms with E-state index in [2.05, 4.69) is 5.32 Å². The number of nitrogens with zero attached hydrogens (tertiary/aromatic N) is 2. The van der Waals surface area contributed by atoms with E-state index in [9.17, 15) is 9.59 Å². The zero-order chi connectivity index (χ0) is 21.8. The van der Waals surface area contributed by atoms with Gasteiger partial charge in [-0.15, -0.1) is 11.8 Å². The minimum Gasteiger partial charge on any atom is -0.497 e. The van der Waals surface area contributed by atoms with Gasteiger partial charge in [-0.2, -0.15) is 0 Å². The Labute approximate surface area is 186 Å². The molecule has 7 nitrogen and oxygen atoms in total. The summed E-state index contributed by atoms with van der Waals surface area (Å²) < 4.78 is 10.5. The van der Waals surface area contributed by atoms with Crippen molar-refractivity contribution in [2.24, 2.45) is 0 Å². The zero-order valence-electron chi connectivity index (χ0n) is 17.8. The van der Waals surface area contributed by atoms with E-state index in [-0.39, 0.29) is 16.8 Å². The van der Waals surface area contributed by atoms with Crippen molar-refractivity contribution in [1.29, 1.82) is 0 Å². The molecule has 2 aliphatic rings. The average molecular weight is 442 g/mol. The maximum absolute atomic E-state index is 13.1. The van der Waals surface area contributed by atoms with Crippen LogP contribution >= 0.6 is 11.8 Å². The Morgan fingerprint density at radius 1 is 0.968 bits per heavy atom. The number of anilines is 1. The molecule has 2 heterocycles. The van der Waals surface area contributed by atoms with E-state index in [0.717, 1.165) is 30.7 Å². The molecule has 164 valence electrons. The smallest absolute Gasteiger partial charge is 0.321 e. The molecule has 0 atom stereocenters. The van der Waals surface area contributed by atoms with Crippen molar-refractivity contribution in [3.05, 3.63) is 54.1 Å². The summed E-state index contributed by atoms with van der Waals surface area (Å²) in [5, 5.41) is 2.94. The van der Waals surface area contributed by atoms with Crippen molar-refractivity contribution < 1.29 is 19.1 Å². The summed E-state index contributed by atoms with van der Waals surface area (Å²) in [6, 6.07) is 14.6. The van der Waals surface area contributed by atoms with E-state index in [0.29, 0.717) is 30.3 Å². The molecule has 31 heavy (non-hydrogen) atoms. The quantitative estimate of drug-likeness (QED) is 0.779. The molecule has 2 aromatic rings. The van der Waals surface area contributed by atoms with Crippen molar-refractivity contribution in [3.8, 4) is 11.5 Å². The van der Waals surface area contributed by atoms with Crippen molar-refractivity contribution >= 4 is 29.4 Å². The zero-order valence-corrected chi connectivity index (χ0v) is 18.6. The predicted molar refractivity (Wildman–Crippen MR) is 122 cm³/mol. The third-order valence-electron chi connectivity index (χ3n) is 5.88. The first kappa shape index (κ1) is 21.4. The van der Waals surface area contributed by atoms with Gasteiger partial charge in [-0.25, -0.2) is 4.79 Å². The number of carbonyl (C=O) groups is 2. The highest BCUT2D eigenvalue weighted by Gasteiger charge is 2.47. The van der Waals surface area contributed by atoms with Crippen LogP contribution in [0.5, 0.6) is 11.5 Å². The molecule has 0 radical (unpaired) electrons. The molecule has 8 heteroatoms. The van der Waals surface area contributed by atoms with Crippen LogP contribution in [-0.4, -0.2) is 66.2 Å². The van der Waals surface area contributed by atoms with Crippen LogP contribution in [0.2, 0.25) is 0 Å². The summed E-state index contributed by atoms with van der Waals surface area (Å²) in [6.45, 7) is 1.94. The highest BCUT2D eigenvalue weighted by molar-refractivity contribution is 8.00. The molecule has 2 aromatic carbocycles. The highest BCUT2D eigenvalue weighted by atomic mass is 32.2. The molecule has 0 unspecified atom stereocenters. The number of hydrogen-bond donors (Lipinski definition) is 1. The molecular formula is C23H27N3O4S. The Morgan fingerprint density at radius 2 is 1.61 bits per heavy atom. The molecule has 4 rings (SSSR count). The molecule has 2 aliphatic heterocycles. The lowest BCUT2D eigenvalue weighted by Gasteiger charge is -2.44. The van der Waals surface area contributed by atoms with E-state index in [1.807, 2.05) is 47.0 Å². The molecule has 2 saturated heterocycles. The normalized spacial score (nSPS) is 17.5. The lowest BCUT2D eigenvalue weighted by atomic mass is 10.0. The fourth-order valence-electron chi connectivity index (χ4n) is 4.19. The number of nitrogens with one attached hydrogen (secondary N) is 1. The van der Waals surface area contributed by atoms with Crippen LogP contribution in [0.4, 0.5) is 10.5 Å². The van der Waals surface area contributed by atoms with Gasteiger partial charge in [0, 0.05) is 54.8 Å². The molecule has 1 N–H and O–H groups in total. The first-order chi connectivity index (χ1) is 15.0. The number of ether oxygens (including phenoxy) is 2. The van der Waals surface area contributed by atoms with E-state index < -0.39 is 0 Å². The maximum atomic E-state index is 13.1. The van der Waals surface area contributed by atoms with Gasteiger partial charge in [-0.05, 0) is 25.0 Å². The van der Waals surface area contributed by atoms with Crippen molar-refractivity contribution in [2.75, 3.05) is 44.9 Å². The van der Waals surface area contributed by atoms with Gasteiger partial charge < -0.3 is 24.6 Å². The van der Waals surface area contributed by atoms with Gasteiger partial charge in [-0.1, -0.05) is 18.2 Å². The van der Waals surface area contributed by atoms with Crippen molar-refractivity contribution in [2.45, 2.75) is 17.7 Å². The molecule has 2 fully saturated rings. The molecule has 0 bridgehead atoms. The Hall–Kier alpha value is -2.87. The van der Waals surface area contributed by atoms with Crippen LogP contribution in [0.1, 0.15) is 23.2 Å². The molecule has 0 saturated carbocycles. The van der Waals surface area contributed by atoms with Gasteiger partial charge in [0.15, 0.2) is 0 Å². The van der Waals surface area contributed by atoms with Gasteiger partial charge in [0.2, 0.25) is 0 Å². The Morgan fingerprint density at radius 3 is 2.23 bits per heavy atom. The fourth-order valence-corrected chi connectivity index (χ4v) is 5.64. The van der Waals surface area contributed by atoms with Crippen molar-refractivity contribution in [3.63, 3.8) is 0 Å². The predicted octanol–water partition coefficient (Wildman–Crippen LogP) is 3.92. The van der Waals surface area contributed by atoms with Crippen LogP contribution in [0.3, 0.4) is 0 Å². The minimum absolute atomic E-state index is 0.0759. The standard InChI is InChI=1S/C23H27N3O4S/c1-29-19-14-18(15-20(16-19)30-2)24-22(28)25-10-8-23(9-11-25)26(12-13-31-23)21(27)17-6-4-3-5-7-17/h3-7,14-16H,8-13H2,1-2H3,(H,24,28). The number of benzene rings is 2.